The maximum absolute atomic E-state index is 12.9. The Morgan fingerprint density at radius 2 is 2.00 bits per heavy atom. The van der Waals surface area contributed by atoms with Gasteiger partial charge in [0.05, 0.1) is 21.7 Å². The number of halogens is 2. The van der Waals surface area contributed by atoms with Crippen LogP contribution < -0.4 is 0 Å². The number of aliphatic hydroxyl groups is 1. The van der Waals surface area contributed by atoms with Crippen molar-refractivity contribution in [1.82, 2.24) is 14.8 Å². The average molecular weight is 434 g/mol. The maximum Gasteiger partial charge on any atom is 0.255 e. The zero-order valence-electron chi connectivity index (χ0n) is 16.2. The van der Waals surface area contributed by atoms with E-state index in [1.165, 1.54) is 0 Å². The number of β-amino-alcohol motifs (C(OH)–C–C–N with tert-alkyl or cyclic N) is 1. The Bertz CT molecular complexity index is 870. The highest BCUT2D eigenvalue weighted by Gasteiger charge is 2.43. The van der Waals surface area contributed by atoms with Crippen LogP contribution in [0.4, 0.5) is 0 Å². The molecule has 7 heteroatoms. The van der Waals surface area contributed by atoms with E-state index in [2.05, 4.69) is 9.88 Å². The topological polar surface area (TPSA) is 56.7 Å². The summed E-state index contributed by atoms with van der Waals surface area (Å²) in [5.74, 6) is -0.0515. The van der Waals surface area contributed by atoms with Crippen molar-refractivity contribution in [1.29, 1.82) is 0 Å². The Balaban J connectivity index is 1.41. The van der Waals surface area contributed by atoms with Crippen molar-refractivity contribution < 1.29 is 9.90 Å². The summed E-state index contributed by atoms with van der Waals surface area (Å²) in [6, 6.07) is 9.28. The number of rotatable bonds is 3. The standard InChI is InChI=1S/C22H25Cl2N3O2/c23-19-5-1-3-17(20(19)24)13-26-9-6-22(7-10-26)11-18(28)14-27(15-22)21(29)16-4-2-8-25-12-16/h1-5,8,12,18,28H,6-7,9-11,13-15H2. The Morgan fingerprint density at radius 1 is 1.21 bits per heavy atom. The Labute approximate surface area is 181 Å². The molecular formula is C22H25Cl2N3O2. The quantitative estimate of drug-likeness (QED) is 0.797. The largest absolute Gasteiger partial charge is 0.391 e. The lowest BCUT2D eigenvalue weighted by atomic mass is 9.71. The van der Waals surface area contributed by atoms with Crippen molar-refractivity contribution in [3.63, 3.8) is 0 Å². The van der Waals surface area contributed by atoms with E-state index >= 15 is 0 Å². The zero-order valence-corrected chi connectivity index (χ0v) is 17.7. The van der Waals surface area contributed by atoms with Crippen LogP contribution in [0.5, 0.6) is 0 Å². The van der Waals surface area contributed by atoms with E-state index in [1.54, 1.807) is 35.5 Å². The SMILES string of the molecule is O=C(c1cccnc1)N1CC(O)CC2(CCN(Cc3cccc(Cl)c3Cl)CC2)C1. The summed E-state index contributed by atoms with van der Waals surface area (Å²) in [5.41, 5.74) is 1.57. The predicted molar refractivity (Wildman–Crippen MR) is 114 cm³/mol. The number of aliphatic hydroxyl groups excluding tert-OH is 1. The monoisotopic (exact) mass is 433 g/mol. The summed E-state index contributed by atoms with van der Waals surface area (Å²) >= 11 is 12.5. The van der Waals surface area contributed by atoms with E-state index in [4.69, 9.17) is 23.2 Å². The van der Waals surface area contributed by atoms with Gasteiger partial charge in [0.1, 0.15) is 0 Å². The van der Waals surface area contributed by atoms with Gasteiger partial charge in [0.25, 0.3) is 5.91 Å². The smallest absolute Gasteiger partial charge is 0.255 e. The fraction of sp³-hybridized carbons (Fsp3) is 0.455. The number of likely N-dealkylation sites (tertiary alicyclic amines) is 2. The van der Waals surface area contributed by atoms with Gasteiger partial charge in [-0.25, -0.2) is 0 Å². The number of hydrogen-bond donors (Lipinski definition) is 1. The van der Waals surface area contributed by atoms with Gasteiger partial charge in [0.15, 0.2) is 0 Å². The molecule has 0 aliphatic carbocycles. The summed E-state index contributed by atoms with van der Waals surface area (Å²) in [7, 11) is 0. The molecule has 0 radical (unpaired) electrons. The molecule has 2 fully saturated rings. The fourth-order valence-electron chi connectivity index (χ4n) is 4.64. The molecule has 5 nitrogen and oxygen atoms in total. The number of piperidine rings is 2. The average Bonchev–Trinajstić information content (AvgIpc) is 2.73. The van der Waals surface area contributed by atoms with Crippen molar-refractivity contribution in [2.24, 2.45) is 5.41 Å². The molecule has 3 heterocycles. The number of benzene rings is 1. The van der Waals surface area contributed by atoms with Crippen LogP contribution >= 0.6 is 23.2 Å². The predicted octanol–water partition coefficient (Wildman–Crippen LogP) is 3.88. The molecule has 4 rings (SSSR count). The van der Waals surface area contributed by atoms with Crippen LogP contribution in [-0.2, 0) is 6.54 Å². The van der Waals surface area contributed by atoms with Gasteiger partial charge in [0.2, 0.25) is 0 Å². The van der Waals surface area contributed by atoms with Crippen molar-refractivity contribution in [3.05, 3.63) is 63.9 Å². The molecular weight excluding hydrogens is 409 g/mol. The molecule has 1 amide bonds. The highest BCUT2D eigenvalue weighted by atomic mass is 35.5. The summed E-state index contributed by atoms with van der Waals surface area (Å²) < 4.78 is 0. The summed E-state index contributed by atoms with van der Waals surface area (Å²) in [6.45, 7) is 3.65. The lowest BCUT2D eigenvalue weighted by Crippen LogP contribution is -2.55. The van der Waals surface area contributed by atoms with Crippen molar-refractivity contribution in [2.75, 3.05) is 26.2 Å². The van der Waals surface area contributed by atoms with Gasteiger partial charge in [-0.15, -0.1) is 0 Å². The van der Waals surface area contributed by atoms with Gasteiger partial charge in [-0.2, -0.15) is 0 Å². The van der Waals surface area contributed by atoms with E-state index in [-0.39, 0.29) is 11.3 Å². The van der Waals surface area contributed by atoms with Gasteiger partial charge >= 0.3 is 0 Å². The minimum Gasteiger partial charge on any atom is -0.391 e. The van der Waals surface area contributed by atoms with Gasteiger partial charge in [-0.3, -0.25) is 14.7 Å². The van der Waals surface area contributed by atoms with E-state index in [0.29, 0.717) is 28.7 Å². The summed E-state index contributed by atoms with van der Waals surface area (Å²) in [5, 5.41) is 11.7. The Morgan fingerprint density at radius 3 is 2.72 bits per heavy atom. The lowest BCUT2D eigenvalue weighted by molar-refractivity contribution is -0.0337. The fourth-order valence-corrected chi connectivity index (χ4v) is 5.02. The number of carbonyl (C=O) groups is 1. The van der Waals surface area contributed by atoms with Crippen LogP contribution in [0.25, 0.3) is 0 Å². The molecule has 2 aliphatic rings. The zero-order chi connectivity index (χ0) is 20.4. The molecule has 0 bridgehead atoms. The molecule has 1 aromatic carbocycles. The highest BCUT2D eigenvalue weighted by molar-refractivity contribution is 6.42. The minimum atomic E-state index is -0.488. The first-order valence-corrected chi connectivity index (χ1v) is 10.7. The van der Waals surface area contributed by atoms with E-state index in [1.807, 2.05) is 12.1 Å². The third-order valence-electron chi connectivity index (χ3n) is 6.16. The molecule has 1 unspecified atom stereocenters. The normalized spacial score (nSPS) is 22.0. The van der Waals surface area contributed by atoms with Crippen LogP contribution in [0.15, 0.2) is 42.7 Å². The maximum atomic E-state index is 12.9. The molecule has 1 atom stereocenters. The first kappa shape index (κ1) is 20.6. The second kappa shape index (κ2) is 8.60. The van der Waals surface area contributed by atoms with E-state index in [9.17, 15) is 9.90 Å². The second-order valence-electron chi connectivity index (χ2n) is 8.27. The second-order valence-corrected chi connectivity index (χ2v) is 9.06. The van der Waals surface area contributed by atoms with E-state index < -0.39 is 6.10 Å². The van der Waals surface area contributed by atoms with Crippen molar-refractivity contribution in [2.45, 2.75) is 31.9 Å². The molecule has 0 saturated carbocycles. The van der Waals surface area contributed by atoms with Gasteiger partial charge in [0, 0.05) is 32.0 Å². The Hall–Kier alpha value is -1.66. The van der Waals surface area contributed by atoms with Gasteiger partial charge in [-0.1, -0.05) is 35.3 Å². The first-order valence-electron chi connectivity index (χ1n) is 9.98. The van der Waals surface area contributed by atoms with Crippen molar-refractivity contribution >= 4 is 29.1 Å². The van der Waals surface area contributed by atoms with Crippen molar-refractivity contribution in [3.8, 4) is 0 Å². The number of hydrogen-bond acceptors (Lipinski definition) is 4. The highest BCUT2D eigenvalue weighted by Crippen LogP contribution is 2.41. The number of aromatic nitrogens is 1. The molecule has 2 saturated heterocycles. The van der Waals surface area contributed by atoms with Crippen LogP contribution in [0.3, 0.4) is 0 Å². The van der Waals surface area contributed by atoms with Crippen LogP contribution in [-0.4, -0.2) is 58.1 Å². The van der Waals surface area contributed by atoms with Crippen LogP contribution in [0.1, 0.15) is 35.2 Å². The minimum absolute atomic E-state index is 0.0375. The molecule has 1 spiro atoms. The molecule has 2 aromatic rings. The molecule has 1 aromatic heterocycles. The number of nitrogens with zero attached hydrogens (tertiary/aromatic N) is 3. The Kier molecular flexibility index (Phi) is 6.11. The van der Waals surface area contributed by atoms with E-state index in [0.717, 1.165) is 44.5 Å². The van der Waals surface area contributed by atoms with Gasteiger partial charge < -0.3 is 10.0 Å². The molecule has 1 N–H and O–H groups in total. The number of pyridine rings is 1. The molecule has 2 aliphatic heterocycles. The third-order valence-corrected chi connectivity index (χ3v) is 7.02. The molecule has 29 heavy (non-hydrogen) atoms. The third kappa shape index (κ3) is 4.58. The lowest BCUT2D eigenvalue weighted by Gasteiger charge is -2.49. The first-order chi connectivity index (χ1) is 14.0. The summed E-state index contributed by atoms with van der Waals surface area (Å²) in [6.07, 6.45) is 5.39. The molecule has 154 valence electrons. The summed E-state index contributed by atoms with van der Waals surface area (Å²) in [4.78, 5) is 21.1. The number of carbonyl (C=O) groups excluding carboxylic acids is 1. The number of amides is 1. The van der Waals surface area contributed by atoms with Crippen LogP contribution in [0.2, 0.25) is 10.0 Å². The van der Waals surface area contributed by atoms with Gasteiger partial charge in [-0.05, 0) is 61.5 Å². The van der Waals surface area contributed by atoms with Crippen LogP contribution in [0, 0.1) is 5.41 Å².